The van der Waals surface area contributed by atoms with Crippen LogP contribution in [0.5, 0.6) is 5.75 Å². The summed E-state index contributed by atoms with van der Waals surface area (Å²) in [5.41, 5.74) is 3.71. The third kappa shape index (κ3) is 7.67. The Morgan fingerprint density at radius 2 is 1.67 bits per heavy atom. The van der Waals surface area contributed by atoms with E-state index in [1.807, 2.05) is 62.4 Å². The SMILES string of the molecule is CCCCNC(=O)[C@H](Cc1ccccc1)N(Cc1ccc(F)cc1)C(=O)COc1cccc(C)c1C. The van der Waals surface area contributed by atoms with Crippen LogP contribution >= 0.6 is 0 Å². The lowest BCUT2D eigenvalue weighted by Gasteiger charge is -2.31. The van der Waals surface area contributed by atoms with Gasteiger partial charge in [-0.3, -0.25) is 9.59 Å². The van der Waals surface area contributed by atoms with Crippen LogP contribution in [-0.4, -0.2) is 35.9 Å². The molecule has 3 rings (SSSR count). The topological polar surface area (TPSA) is 58.6 Å². The number of hydrogen-bond donors (Lipinski definition) is 1. The number of amides is 2. The van der Waals surface area contributed by atoms with Gasteiger partial charge in [0.2, 0.25) is 5.91 Å². The van der Waals surface area contributed by atoms with Crippen LogP contribution in [0.15, 0.2) is 72.8 Å². The van der Waals surface area contributed by atoms with Crippen LogP contribution in [0.4, 0.5) is 4.39 Å². The molecule has 3 aromatic carbocycles. The van der Waals surface area contributed by atoms with Gasteiger partial charge in [0.15, 0.2) is 6.61 Å². The van der Waals surface area contributed by atoms with Gasteiger partial charge in [-0.15, -0.1) is 0 Å². The van der Waals surface area contributed by atoms with Crippen molar-refractivity contribution in [1.29, 1.82) is 0 Å². The Morgan fingerprint density at radius 1 is 0.944 bits per heavy atom. The number of unbranched alkanes of at least 4 members (excludes halogenated alkanes) is 1. The molecular weight excluding hydrogens is 455 g/mol. The van der Waals surface area contributed by atoms with Crippen molar-refractivity contribution in [3.63, 3.8) is 0 Å². The summed E-state index contributed by atoms with van der Waals surface area (Å²) in [6.07, 6.45) is 2.16. The third-order valence-corrected chi connectivity index (χ3v) is 6.27. The van der Waals surface area contributed by atoms with E-state index in [0.29, 0.717) is 18.7 Å². The number of carbonyl (C=O) groups excluding carboxylic acids is 2. The van der Waals surface area contributed by atoms with Crippen molar-refractivity contribution in [3.05, 3.63) is 101 Å². The summed E-state index contributed by atoms with van der Waals surface area (Å²) in [5, 5.41) is 2.99. The fourth-order valence-corrected chi connectivity index (χ4v) is 3.95. The van der Waals surface area contributed by atoms with Crippen molar-refractivity contribution in [2.75, 3.05) is 13.2 Å². The van der Waals surface area contributed by atoms with E-state index in [4.69, 9.17) is 4.74 Å². The van der Waals surface area contributed by atoms with Crippen LogP contribution in [0, 0.1) is 19.7 Å². The van der Waals surface area contributed by atoms with Gasteiger partial charge in [-0.25, -0.2) is 4.39 Å². The number of ether oxygens (including phenoxy) is 1. The number of aryl methyl sites for hydroxylation is 1. The maximum atomic E-state index is 13.6. The highest BCUT2D eigenvalue weighted by Gasteiger charge is 2.30. The predicted octanol–water partition coefficient (Wildman–Crippen LogP) is 5.38. The predicted molar refractivity (Wildman–Crippen MR) is 140 cm³/mol. The maximum Gasteiger partial charge on any atom is 0.261 e. The van der Waals surface area contributed by atoms with E-state index in [9.17, 15) is 14.0 Å². The molecule has 0 saturated heterocycles. The standard InChI is InChI=1S/C30H35FN2O3/c1-4-5-18-32-30(35)27(19-24-11-7-6-8-12-24)33(20-25-14-16-26(31)17-15-25)29(34)21-36-28-13-9-10-22(2)23(28)3/h6-17,27H,4-5,18-21H2,1-3H3,(H,32,35)/t27-/m0/s1. The first-order chi connectivity index (χ1) is 17.4. The number of benzene rings is 3. The lowest BCUT2D eigenvalue weighted by Crippen LogP contribution is -2.51. The monoisotopic (exact) mass is 490 g/mol. The zero-order chi connectivity index (χ0) is 25.9. The van der Waals surface area contributed by atoms with Crippen molar-refractivity contribution in [2.45, 2.75) is 52.6 Å². The zero-order valence-corrected chi connectivity index (χ0v) is 21.3. The van der Waals surface area contributed by atoms with Crippen LogP contribution < -0.4 is 10.1 Å². The van der Waals surface area contributed by atoms with E-state index in [1.165, 1.54) is 12.1 Å². The van der Waals surface area contributed by atoms with Gasteiger partial charge in [-0.2, -0.15) is 0 Å². The lowest BCUT2D eigenvalue weighted by molar-refractivity contribution is -0.142. The molecule has 1 N–H and O–H groups in total. The molecule has 5 nitrogen and oxygen atoms in total. The molecule has 0 aromatic heterocycles. The van der Waals surface area contributed by atoms with Crippen molar-refractivity contribution in [2.24, 2.45) is 0 Å². The molecule has 0 aliphatic rings. The van der Waals surface area contributed by atoms with Crippen molar-refractivity contribution in [3.8, 4) is 5.75 Å². The minimum Gasteiger partial charge on any atom is -0.483 e. The molecule has 0 aliphatic heterocycles. The number of hydrogen-bond acceptors (Lipinski definition) is 3. The second-order valence-corrected chi connectivity index (χ2v) is 8.98. The fraction of sp³-hybridized carbons (Fsp3) is 0.333. The molecule has 0 bridgehead atoms. The van der Waals surface area contributed by atoms with Crippen LogP contribution in [0.25, 0.3) is 0 Å². The van der Waals surface area contributed by atoms with Gasteiger partial charge >= 0.3 is 0 Å². The number of nitrogens with one attached hydrogen (secondary N) is 1. The summed E-state index contributed by atoms with van der Waals surface area (Å²) in [4.78, 5) is 28.5. The quantitative estimate of drug-likeness (QED) is 0.347. The highest BCUT2D eigenvalue weighted by molar-refractivity contribution is 5.88. The summed E-state index contributed by atoms with van der Waals surface area (Å²) in [6.45, 7) is 6.49. The van der Waals surface area contributed by atoms with Crippen LogP contribution in [0.2, 0.25) is 0 Å². The molecule has 0 unspecified atom stereocenters. The Kier molecular flexibility index (Phi) is 10.0. The summed E-state index contributed by atoms with van der Waals surface area (Å²) in [6, 6.07) is 20.6. The molecule has 190 valence electrons. The van der Waals surface area contributed by atoms with E-state index in [2.05, 4.69) is 12.2 Å². The van der Waals surface area contributed by atoms with E-state index in [-0.39, 0.29) is 30.8 Å². The molecule has 0 spiro atoms. The third-order valence-electron chi connectivity index (χ3n) is 6.27. The molecule has 2 amide bonds. The molecule has 1 atom stereocenters. The highest BCUT2D eigenvalue weighted by Crippen LogP contribution is 2.21. The Labute approximate surface area is 213 Å². The van der Waals surface area contributed by atoms with E-state index in [1.54, 1.807) is 17.0 Å². The maximum absolute atomic E-state index is 13.6. The van der Waals surface area contributed by atoms with Crippen molar-refractivity contribution in [1.82, 2.24) is 10.2 Å². The second kappa shape index (κ2) is 13.4. The smallest absolute Gasteiger partial charge is 0.261 e. The van der Waals surface area contributed by atoms with E-state index >= 15 is 0 Å². The van der Waals surface area contributed by atoms with Crippen LogP contribution in [-0.2, 0) is 22.6 Å². The van der Waals surface area contributed by atoms with Crippen molar-refractivity contribution >= 4 is 11.8 Å². The molecule has 0 fully saturated rings. The van der Waals surface area contributed by atoms with Gasteiger partial charge in [0.05, 0.1) is 0 Å². The Hall–Kier alpha value is -3.67. The molecule has 0 saturated carbocycles. The summed E-state index contributed by atoms with van der Waals surface area (Å²) in [5.74, 6) is -0.244. The summed E-state index contributed by atoms with van der Waals surface area (Å²) in [7, 11) is 0. The summed E-state index contributed by atoms with van der Waals surface area (Å²) >= 11 is 0. The second-order valence-electron chi connectivity index (χ2n) is 8.98. The fourth-order valence-electron chi connectivity index (χ4n) is 3.95. The molecule has 0 aliphatic carbocycles. The first kappa shape index (κ1) is 26.9. The molecule has 0 heterocycles. The molecular formula is C30H35FN2O3. The van der Waals surface area contributed by atoms with Crippen LogP contribution in [0.3, 0.4) is 0 Å². The lowest BCUT2D eigenvalue weighted by atomic mass is 10.0. The van der Waals surface area contributed by atoms with Gasteiger partial charge in [0, 0.05) is 19.5 Å². The molecule has 0 radical (unpaired) electrons. The average molecular weight is 491 g/mol. The average Bonchev–Trinajstić information content (AvgIpc) is 2.88. The minimum absolute atomic E-state index is 0.161. The first-order valence-electron chi connectivity index (χ1n) is 12.4. The van der Waals surface area contributed by atoms with Gasteiger partial charge < -0.3 is 15.0 Å². The van der Waals surface area contributed by atoms with Crippen LogP contribution in [0.1, 0.15) is 42.0 Å². The number of carbonyl (C=O) groups is 2. The summed E-state index contributed by atoms with van der Waals surface area (Å²) < 4.78 is 19.5. The van der Waals surface area contributed by atoms with E-state index < -0.39 is 6.04 Å². The highest BCUT2D eigenvalue weighted by atomic mass is 19.1. The molecule has 36 heavy (non-hydrogen) atoms. The molecule has 6 heteroatoms. The Bertz CT molecular complexity index is 1130. The normalized spacial score (nSPS) is 11.6. The van der Waals surface area contributed by atoms with Gasteiger partial charge in [-0.05, 0) is 60.7 Å². The van der Waals surface area contributed by atoms with Gasteiger partial charge in [0.1, 0.15) is 17.6 Å². The van der Waals surface area contributed by atoms with E-state index in [0.717, 1.165) is 35.1 Å². The largest absolute Gasteiger partial charge is 0.483 e. The Balaban J connectivity index is 1.89. The minimum atomic E-state index is -0.746. The van der Waals surface area contributed by atoms with Crippen molar-refractivity contribution < 1.29 is 18.7 Å². The number of nitrogens with zero attached hydrogens (tertiary/aromatic N) is 1. The Morgan fingerprint density at radius 3 is 2.36 bits per heavy atom. The zero-order valence-electron chi connectivity index (χ0n) is 21.3. The van der Waals surface area contributed by atoms with Gasteiger partial charge in [0.25, 0.3) is 5.91 Å². The number of rotatable bonds is 12. The molecule has 3 aromatic rings. The number of halogens is 1. The van der Waals surface area contributed by atoms with Gasteiger partial charge in [-0.1, -0.05) is 67.9 Å². The first-order valence-corrected chi connectivity index (χ1v) is 12.4.